The molecule has 1 heteroatoms. The fraction of sp³-hybridized carbons (Fsp3) is 0.889. The van der Waals surface area contributed by atoms with Crippen molar-refractivity contribution in [2.45, 2.75) is 33.1 Å². The van der Waals surface area contributed by atoms with Crippen LogP contribution < -0.4 is 0 Å². The molecule has 1 saturated carbocycles. The molecule has 0 amide bonds. The summed E-state index contributed by atoms with van der Waals surface area (Å²) < 4.78 is 0. The highest BCUT2D eigenvalue weighted by Gasteiger charge is 2.26. The van der Waals surface area contributed by atoms with Crippen LogP contribution in [0.2, 0.25) is 0 Å². The monoisotopic (exact) mass is 137 g/mol. The van der Waals surface area contributed by atoms with Gasteiger partial charge in [-0.1, -0.05) is 13.8 Å². The molecular formula is C9H15N. The third-order valence-corrected chi connectivity index (χ3v) is 2.60. The first-order chi connectivity index (χ1) is 4.74. The molecule has 2 unspecified atom stereocenters. The number of nitriles is 1. The summed E-state index contributed by atoms with van der Waals surface area (Å²) in [6, 6.07) is 2.35. The summed E-state index contributed by atoms with van der Waals surface area (Å²) in [4.78, 5) is 0. The molecule has 0 aromatic carbocycles. The summed E-state index contributed by atoms with van der Waals surface area (Å²) in [5.41, 5.74) is 0. The van der Waals surface area contributed by atoms with Gasteiger partial charge in [-0.15, -0.1) is 0 Å². The van der Waals surface area contributed by atoms with E-state index < -0.39 is 0 Å². The molecule has 1 aliphatic carbocycles. The fourth-order valence-corrected chi connectivity index (χ4v) is 1.74. The largest absolute Gasteiger partial charge is 0.198 e. The van der Waals surface area contributed by atoms with Gasteiger partial charge in [0.15, 0.2) is 0 Å². The third kappa shape index (κ3) is 1.50. The minimum Gasteiger partial charge on any atom is -0.198 e. The molecule has 0 saturated heterocycles. The molecule has 0 bridgehead atoms. The van der Waals surface area contributed by atoms with E-state index in [1.165, 1.54) is 6.42 Å². The number of nitrogens with zero attached hydrogens (tertiary/aromatic N) is 1. The first-order valence-electron chi connectivity index (χ1n) is 4.13. The van der Waals surface area contributed by atoms with Gasteiger partial charge in [0.05, 0.1) is 6.07 Å². The van der Waals surface area contributed by atoms with Crippen LogP contribution in [0.25, 0.3) is 0 Å². The molecule has 1 aliphatic rings. The van der Waals surface area contributed by atoms with Crippen molar-refractivity contribution in [1.82, 2.24) is 0 Å². The Balaban J connectivity index is 2.37. The van der Waals surface area contributed by atoms with Crippen molar-refractivity contribution in [3.63, 3.8) is 0 Å². The molecular weight excluding hydrogens is 122 g/mol. The van der Waals surface area contributed by atoms with Crippen molar-refractivity contribution in [2.75, 3.05) is 0 Å². The Hall–Kier alpha value is -0.510. The second-order valence-corrected chi connectivity index (χ2v) is 3.64. The Morgan fingerprint density at radius 3 is 2.40 bits per heavy atom. The van der Waals surface area contributed by atoms with Crippen LogP contribution in [0.3, 0.4) is 0 Å². The highest BCUT2D eigenvalue weighted by molar-refractivity contribution is 4.90. The van der Waals surface area contributed by atoms with E-state index in [2.05, 4.69) is 19.9 Å². The van der Waals surface area contributed by atoms with E-state index in [0.717, 1.165) is 24.7 Å². The summed E-state index contributed by atoms with van der Waals surface area (Å²) in [5.74, 6) is 1.97. The van der Waals surface area contributed by atoms with E-state index in [4.69, 9.17) is 5.26 Å². The van der Waals surface area contributed by atoms with E-state index in [1.54, 1.807) is 0 Å². The van der Waals surface area contributed by atoms with E-state index >= 15 is 0 Å². The van der Waals surface area contributed by atoms with Crippen molar-refractivity contribution in [3.05, 3.63) is 0 Å². The van der Waals surface area contributed by atoms with Crippen molar-refractivity contribution in [3.8, 4) is 6.07 Å². The minimum absolute atomic E-state index is 0.368. The molecule has 0 aromatic rings. The Kier molecular flexibility index (Phi) is 2.32. The van der Waals surface area contributed by atoms with E-state index in [-0.39, 0.29) is 0 Å². The smallest absolute Gasteiger partial charge is 0.0655 e. The summed E-state index contributed by atoms with van der Waals surface area (Å²) in [7, 11) is 0. The molecule has 10 heavy (non-hydrogen) atoms. The highest BCUT2D eigenvalue weighted by Crippen LogP contribution is 2.34. The lowest BCUT2D eigenvalue weighted by atomic mass is 9.94. The van der Waals surface area contributed by atoms with Gasteiger partial charge in [0.25, 0.3) is 0 Å². The number of rotatable bonds is 1. The van der Waals surface area contributed by atoms with Crippen molar-refractivity contribution in [1.29, 1.82) is 5.26 Å². The summed E-state index contributed by atoms with van der Waals surface area (Å²) in [6.07, 6.45) is 3.56. The average molecular weight is 137 g/mol. The number of hydrogen-bond acceptors (Lipinski definition) is 1. The molecule has 0 spiro atoms. The Morgan fingerprint density at radius 2 is 2.10 bits per heavy atom. The lowest BCUT2D eigenvalue weighted by molar-refractivity contribution is 0.390. The third-order valence-electron chi connectivity index (χ3n) is 2.60. The van der Waals surface area contributed by atoms with Crippen molar-refractivity contribution < 1.29 is 0 Å². The Morgan fingerprint density at radius 1 is 1.40 bits per heavy atom. The molecule has 0 heterocycles. The standard InChI is InChI=1S/C9H15N/c1-7(2)9-4-3-8(5-9)6-10/h7-9H,3-5H2,1-2H3. The molecule has 56 valence electrons. The average Bonchev–Trinajstić information content (AvgIpc) is 2.34. The molecule has 0 aromatic heterocycles. The van der Waals surface area contributed by atoms with Crippen molar-refractivity contribution in [2.24, 2.45) is 17.8 Å². The Labute approximate surface area is 63.0 Å². The van der Waals surface area contributed by atoms with Gasteiger partial charge in [-0.2, -0.15) is 5.26 Å². The van der Waals surface area contributed by atoms with Gasteiger partial charge in [0.2, 0.25) is 0 Å². The number of hydrogen-bond donors (Lipinski definition) is 0. The molecule has 1 rings (SSSR count). The summed E-state index contributed by atoms with van der Waals surface area (Å²) in [5, 5.41) is 8.62. The summed E-state index contributed by atoms with van der Waals surface area (Å²) in [6.45, 7) is 4.51. The second kappa shape index (κ2) is 3.05. The molecule has 1 fully saturated rings. The maximum Gasteiger partial charge on any atom is 0.0655 e. The fourth-order valence-electron chi connectivity index (χ4n) is 1.74. The molecule has 0 radical (unpaired) electrons. The van der Waals surface area contributed by atoms with Gasteiger partial charge >= 0.3 is 0 Å². The molecule has 0 aliphatic heterocycles. The van der Waals surface area contributed by atoms with Crippen LogP contribution in [-0.2, 0) is 0 Å². The first-order valence-corrected chi connectivity index (χ1v) is 4.13. The topological polar surface area (TPSA) is 23.8 Å². The first kappa shape index (κ1) is 7.60. The second-order valence-electron chi connectivity index (χ2n) is 3.64. The maximum absolute atomic E-state index is 8.62. The Bertz CT molecular complexity index is 143. The van der Waals surface area contributed by atoms with Gasteiger partial charge in [-0.05, 0) is 31.1 Å². The molecule has 1 nitrogen and oxygen atoms in total. The van der Waals surface area contributed by atoms with Crippen LogP contribution in [0.5, 0.6) is 0 Å². The quantitative estimate of drug-likeness (QED) is 0.545. The highest BCUT2D eigenvalue weighted by atomic mass is 14.3. The summed E-state index contributed by atoms with van der Waals surface area (Å²) >= 11 is 0. The minimum atomic E-state index is 0.368. The van der Waals surface area contributed by atoms with Crippen LogP contribution in [0, 0.1) is 29.1 Å². The maximum atomic E-state index is 8.62. The van der Waals surface area contributed by atoms with Crippen LogP contribution >= 0.6 is 0 Å². The van der Waals surface area contributed by atoms with Crippen LogP contribution in [0.1, 0.15) is 33.1 Å². The van der Waals surface area contributed by atoms with Gasteiger partial charge in [0, 0.05) is 5.92 Å². The normalized spacial score (nSPS) is 32.6. The van der Waals surface area contributed by atoms with E-state index in [1.807, 2.05) is 0 Å². The van der Waals surface area contributed by atoms with E-state index in [9.17, 15) is 0 Å². The molecule has 0 N–H and O–H groups in total. The predicted molar refractivity (Wildman–Crippen MR) is 41.3 cm³/mol. The predicted octanol–water partition coefficient (Wildman–Crippen LogP) is 2.58. The van der Waals surface area contributed by atoms with Crippen LogP contribution in [0.15, 0.2) is 0 Å². The van der Waals surface area contributed by atoms with Crippen LogP contribution in [-0.4, -0.2) is 0 Å². The SMILES string of the molecule is CC(C)C1CCC(C#N)C1. The van der Waals surface area contributed by atoms with Crippen molar-refractivity contribution >= 4 is 0 Å². The van der Waals surface area contributed by atoms with Gasteiger partial charge in [0.1, 0.15) is 0 Å². The zero-order valence-corrected chi connectivity index (χ0v) is 6.80. The zero-order valence-electron chi connectivity index (χ0n) is 6.80. The lowest BCUT2D eigenvalue weighted by Crippen LogP contribution is -2.03. The lowest BCUT2D eigenvalue weighted by Gasteiger charge is -2.11. The van der Waals surface area contributed by atoms with E-state index in [0.29, 0.717) is 5.92 Å². The van der Waals surface area contributed by atoms with Gasteiger partial charge in [-0.25, -0.2) is 0 Å². The zero-order chi connectivity index (χ0) is 7.56. The molecule has 2 atom stereocenters. The van der Waals surface area contributed by atoms with Gasteiger partial charge in [-0.3, -0.25) is 0 Å². The van der Waals surface area contributed by atoms with Crippen LogP contribution in [0.4, 0.5) is 0 Å². The van der Waals surface area contributed by atoms with Gasteiger partial charge < -0.3 is 0 Å².